The van der Waals surface area contributed by atoms with Crippen LogP contribution in [0.25, 0.3) is 0 Å². The van der Waals surface area contributed by atoms with Crippen LogP contribution in [0.4, 0.5) is 0 Å². The number of unbranched alkanes of at least 4 members (excludes halogenated alkanes) is 6. The molecule has 0 bridgehead atoms. The summed E-state index contributed by atoms with van der Waals surface area (Å²) in [7, 11) is 0. The van der Waals surface area contributed by atoms with Gasteiger partial charge in [-0.15, -0.1) is 0 Å². The van der Waals surface area contributed by atoms with Gasteiger partial charge in [0.2, 0.25) is 5.91 Å². The van der Waals surface area contributed by atoms with E-state index in [0.29, 0.717) is 31.6 Å². The van der Waals surface area contributed by atoms with Crippen molar-refractivity contribution < 1.29 is 14.3 Å². The van der Waals surface area contributed by atoms with Gasteiger partial charge in [0.1, 0.15) is 0 Å². The van der Waals surface area contributed by atoms with Crippen molar-refractivity contribution in [3.63, 3.8) is 0 Å². The smallest absolute Gasteiger partial charge is 0.333 e. The first-order valence-corrected chi connectivity index (χ1v) is 8.37. The summed E-state index contributed by atoms with van der Waals surface area (Å²) >= 11 is 0. The van der Waals surface area contributed by atoms with E-state index in [0.717, 1.165) is 25.8 Å². The van der Waals surface area contributed by atoms with E-state index < -0.39 is 0 Å². The molecule has 0 aliphatic rings. The molecule has 0 atom stereocenters. The number of rotatable bonds is 14. The Morgan fingerprint density at radius 2 is 1.59 bits per heavy atom. The SMILES string of the molecule is C=C(C)C(=O)OCCCNC(=O)CCCCCCCCCN. The molecule has 0 heterocycles. The summed E-state index contributed by atoms with van der Waals surface area (Å²) in [5.74, 6) is -0.299. The predicted molar refractivity (Wildman–Crippen MR) is 89.4 cm³/mol. The van der Waals surface area contributed by atoms with Crippen LogP contribution in [-0.2, 0) is 14.3 Å². The van der Waals surface area contributed by atoms with Crippen molar-refractivity contribution in [2.24, 2.45) is 5.73 Å². The Balaban J connectivity index is 3.29. The van der Waals surface area contributed by atoms with Crippen molar-refractivity contribution in [1.29, 1.82) is 0 Å². The average Bonchev–Trinajstić information content (AvgIpc) is 2.49. The Labute approximate surface area is 134 Å². The maximum atomic E-state index is 11.6. The van der Waals surface area contributed by atoms with Crippen LogP contribution in [0.2, 0.25) is 0 Å². The van der Waals surface area contributed by atoms with Gasteiger partial charge in [0.25, 0.3) is 0 Å². The zero-order chi connectivity index (χ0) is 16.6. The molecular weight excluding hydrogens is 280 g/mol. The number of nitrogens with one attached hydrogen (secondary N) is 1. The molecule has 0 rings (SSSR count). The molecule has 3 N–H and O–H groups in total. The number of ether oxygens (including phenoxy) is 1. The molecule has 0 aromatic rings. The van der Waals surface area contributed by atoms with E-state index in [9.17, 15) is 9.59 Å². The van der Waals surface area contributed by atoms with Crippen LogP contribution < -0.4 is 11.1 Å². The highest BCUT2D eigenvalue weighted by molar-refractivity contribution is 5.86. The molecule has 0 unspecified atom stereocenters. The molecule has 0 aromatic heterocycles. The molecule has 0 aliphatic heterocycles. The highest BCUT2D eigenvalue weighted by atomic mass is 16.5. The third kappa shape index (κ3) is 13.6. The van der Waals surface area contributed by atoms with Crippen LogP contribution in [-0.4, -0.2) is 31.6 Å². The maximum absolute atomic E-state index is 11.6. The molecule has 0 radical (unpaired) electrons. The molecule has 0 aliphatic carbocycles. The predicted octanol–water partition coefficient (Wildman–Crippen LogP) is 2.69. The van der Waals surface area contributed by atoms with Crippen molar-refractivity contribution in [2.75, 3.05) is 19.7 Å². The second kappa shape index (κ2) is 14.6. The van der Waals surface area contributed by atoms with E-state index in [1.165, 1.54) is 25.7 Å². The molecule has 22 heavy (non-hydrogen) atoms. The van der Waals surface area contributed by atoms with Gasteiger partial charge in [0.15, 0.2) is 0 Å². The van der Waals surface area contributed by atoms with Crippen molar-refractivity contribution >= 4 is 11.9 Å². The number of carbonyl (C=O) groups excluding carboxylic acids is 2. The Hall–Kier alpha value is -1.36. The molecule has 0 saturated carbocycles. The summed E-state index contributed by atoms with van der Waals surface area (Å²) in [6, 6.07) is 0. The first-order valence-electron chi connectivity index (χ1n) is 8.37. The van der Waals surface area contributed by atoms with E-state index in [4.69, 9.17) is 10.5 Å². The summed E-state index contributed by atoms with van der Waals surface area (Å²) in [5.41, 5.74) is 5.83. The van der Waals surface area contributed by atoms with Crippen molar-refractivity contribution in [3.8, 4) is 0 Å². The number of hydrogen-bond donors (Lipinski definition) is 2. The zero-order valence-electron chi connectivity index (χ0n) is 14.0. The van der Waals surface area contributed by atoms with Gasteiger partial charge in [-0.2, -0.15) is 0 Å². The van der Waals surface area contributed by atoms with Gasteiger partial charge in [-0.3, -0.25) is 4.79 Å². The van der Waals surface area contributed by atoms with Crippen molar-refractivity contribution in [2.45, 2.75) is 64.7 Å². The molecule has 0 fully saturated rings. The highest BCUT2D eigenvalue weighted by Gasteiger charge is 2.03. The van der Waals surface area contributed by atoms with Gasteiger partial charge in [0, 0.05) is 18.5 Å². The van der Waals surface area contributed by atoms with Gasteiger partial charge >= 0.3 is 5.97 Å². The largest absolute Gasteiger partial charge is 0.462 e. The van der Waals surface area contributed by atoms with Crippen molar-refractivity contribution in [1.82, 2.24) is 5.32 Å². The first kappa shape index (κ1) is 20.6. The summed E-state index contributed by atoms with van der Waals surface area (Å²) in [4.78, 5) is 22.7. The number of esters is 1. The van der Waals surface area contributed by atoms with Crippen LogP contribution in [0.1, 0.15) is 64.7 Å². The second-order valence-electron chi connectivity index (χ2n) is 5.63. The molecule has 5 heteroatoms. The Morgan fingerprint density at radius 1 is 1.00 bits per heavy atom. The Bertz CT molecular complexity index is 330. The van der Waals surface area contributed by atoms with Crippen LogP contribution >= 0.6 is 0 Å². The average molecular weight is 312 g/mol. The fourth-order valence-corrected chi connectivity index (χ4v) is 1.99. The van der Waals surface area contributed by atoms with Crippen LogP contribution in [0.15, 0.2) is 12.2 Å². The summed E-state index contributed by atoms with van der Waals surface area (Å²) < 4.78 is 4.94. The number of amides is 1. The quantitative estimate of drug-likeness (QED) is 0.293. The lowest BCUT2D eigenvalue weighted by Gasteiger charge is -2.06. The van der Waals surface area contributed by atoms with Gasteiger partial charge < -0.3 is 15.8 Å². The highest BCUT2D eigenvalue weighted by Crippen LogP contribution is 2.08. The van der Waals surface area contributed by atoms with E-state index in [2.05, 4.69) is 11.9 Å². The number of hydrogen-bond acceptors (Lipinski definition) is 4. The standard InChI is InChI=1S/C17H32N2O3/c1-15(2)17(21)22-14-10-13-19-16(20)11-8-6-4-3-5-7-9-12-18/h1,3-14,18H2,2H3,(H,19,20). The lowest BCUT2D eigenvalue weighted by molar-refractivity contribution is -0.138. The first-order chi connectivity index (χ1) is 10.6. The third-order valence-corrected chi connectivity index (χ3v) is 3.33. The molecule has 128 valence electrons. The fourth-order valence-electron chi connectivity index (χ4n) is 1.99. The van der Waals surface area contributed by atoms with E-state index >= 15 is 0 Å². The van der Waals surface area contributed by atoms with E-state index in [1.807, 2.05) is 0 Å². The molecule has 0 aromatic carbocycles. The molecule has 0 saturated heterocycles. The van der Waals surface area contributed by atoms with E-state index in [-0.39, 0.29) is 11.9 Å². The number of carbonyl (C=O) groups is 2. The molecule has 5 nitrogen and oxygen atoms in total. The number of nitrogens with two attached hydrogens (primary N) is 1. The van der Waals surface area contributed by atoms with Crippen LogP contribution in [0.3, 0.4) is 0 Å². The molecule has 1 amide bonds. The zero-order valence-corrected chi connectivity index (χ0v) is 14.0. The summed E-state index contributed by atoms with van der Waals surface area (Å²) in [5, 5.41) is 2.84. The Morgan fingerprint density at radius 3 is 2.18 bits per heavy atom. The van der Waals surface area contributed by atoms with Gasteiger partial charge in [-0.25, -0.2) is 4.79 Å². The lowest BCUT2D eigenvalue weighted by Crippen LogP contribution is -2.25. The minimum Gasteiger partial charge on any atom is -0.462 e. The van der Waals surface area contributed by atoms with Crippen LogP contribution in [0.5, 0.6) is 0 Å². The van der Waals surface area contributed by atoms with Crippen LogP contribution in [0, 0.1) is 0 Å². The monoisotopic (exact) mass is 312 g/mol. The van der Waals surface area contributed by atoms with Gasteiger partial charge in [-0.05, 0) is 32.7 Å². The fraction of sp³-hybridized carbons (Fsp3) is 0.765. The minimum atomic E-state index is -0.377. The summed E-state index contributed by atoms with van der Waals surface area (Å²) in [6.07, 6.45) is 9.24. The van der Waals surface area contributed by atoms with Gasteiger partial charge in [0.05, 0.1) is 6.61 Å². The lowest BCUT2D eigenvalue weighted by atomic mass is 10.1. The van der Waals surface area contributed by atoms with E-state index in [1.54, 1.807) is 6.92 Å². The second-order valence-corrected chi connectivity index (χ2v) is 5.63. The van der Waals surface area contributed by atoms with Gasteiger partial charge in [-0.1, -0.05) is 38.7 Å². The third-order valence-electron chi connectivity index (χ3n) is 3.33. The topological polar surface area (TPSA) is 81.4 Å². The minimum absolute atomic E-state index is 0.0781. The molecular formula is C17H32N2O3. The van der Waals surface area contributed by atoms with Crippen molar-refractivity contribution in [3.05, 3.63) is 12.2 Å². The summed E-state index contributed by atoms with van der Waals surface area (Å²) in [6.45, 7) is 6.76. The molecule has 0 spiro atoms. The Kier molecular flexibility index (Phi) is 13.7. The maximum Gasteiger partial charge on any atom is 0.333 e. The normalized spacial score (nSPS) is 10.3.